The molecule has 2 aromatic carbocycles. The van der Waals surface area contributed by atoms with Crippen molar-refractivity contribution in [2.24, 2.45) is 0 Å². The van der Waals surface area contributed by atoms with Gasteiger partial charge in [-0.3, -0.25) is 0 Å². The molecule has 114 valence electrons. The molecule has 0 bridgehead atoms. The summed E-state index contributed by atoms with van der Waals surface area (Å²) in [5, 5.41) is 33.3. The van der Waals surface area contributed by atoms with E-state index in [2.05, 4.69) is 5.10 Å². The van der Waals surface area contributed by atoms with E-state index in [1.54, 1.807) is 16.9 Å². The molecule has 0 aliphatic heterocycles. The lowest BCUT2D eigenvalue weighted by Crippen LogP contribution is -2.16. The molecule has 5 heteroatoms. The second-order valence-electron chi connectivity index (χ2n) is 5.10. The Morgan fingerprint density at radius 1 is 0.957 bits per heavy atom. The number of hydrogen-bond acceptors (Lipinski definition) is 4. The van der Waals surface area contributed by atoms with E-state index >= 15 is 0 Å². The quantitative estimate of drug-likeness (QED) is 0.725. The minimum Gasteiger partial charge on any atom is -0.384 e. The van der Waals surface area contributed by atoms with E-state index < -0.39 is 12.2 Å². The van der Waals surface area contributed by atoms with E-state index in [4.69, 9.17) is 5.26 Å². The van der Waals surface area contributed by atoms with Crippen LogP contribution in [-0.4, -0.2) is 26.1 Å². The van der Waals surface area contributed by atoms with Gasteiger partial charge in [-0.05, 0) is 12.1 Å². The number of hydrogen-bond donors (Lipinski definition) is 2. The zero-order chi connectivity index (χ0) is 16.2. The fourth-order valence-corrected chi connectivity index (χ4v) is 2.38. The van der Waals surface area contributed by atoms with Crippen LogP contribution in [0.25, 0.3) is 16.9 Å². The van der Waals surface area contributed by atoms with Gasteiger partial charge in [0, 0.05) is 17.3 Å². The number of aliphatic hydroxyl groups is 2. The topological polar surface area (TPSA) is 82.1 Å². The maximum atomic E-state index is 10.3. The second kappa shape index (κ2) is 6.44. The van der Waals surface area contributed by atoms with Crippen molar-refractivity contribution in [3.8, 4) is 23.0 Å². The highest BCUT2D eigenvalue weighted by atomic mass is 16.3. The Kier molecular flexibility index (Phi) is 4.20. The number of nitriles is 1. The minimum absolute atomic E-state index is 0.411. The van der Waals surface area contributed by atoms with Crippen LogP contribution in [-0.2, 0) is 0 Å². The van der Waals surface area contributed by atoms with Crippen LogP contribution in [0.1, 0.15) is 11.7 Å². The predicted octanol–water partition coefficient (Wildman–Crippen LogP) is 2.46. The van der Waals surface area contributed by atoms with Crippen LogP contribution in [0.4, 0.5) is 0 Å². The van der Waals surface area contributed by atoms with Gasteiger partial charge in [-0.15, -0.1) is 0 Å². The summed E-state index contributed by atoms with van der Waals surface area (Å²) in [6.07, 6.45) is -1.19. The van der Waals surface area contributed by atoms with Crippen molar-refractivity contribution in [2.75, 3.05) is 0 Å². The van der Waals surface area contributed by atoms with Gasteiger partial charge in [-0.1, -0.05) is 48.5 Å². The normalized spacial score (nSPS) is 13.3. The lowest BCUT2D eigenvalue weighted by Gasteiger charge is -2.11. The summed E-state index contributed by atoms with van der Waals surface area (Å²) in [6.45, 7) is 0. The Bertz CT molecular complexity index is 822. The van der Waals surface area contributed by atoms with Crippen LogP contribution in [0.15, 0.2) is 66.9 Å². The molecule has 5 nitrogen and oxygen atoms in total. The molecule has 1 aromatic heterocycles. The van der Waals surface area contributed by atoms with Gasteiger partial charge in [-0.25, -0.2) is 4.68 Å². The van der Waals surface area contributed by atoms with E-state index in [0.717, 1.165) is 11.3 Å². The van der Waals surface area contributed by atoms with Crippen LogP contribution >= 0.6 is 0 Å². The predicted molar refractivity (Wildman–Crippen MR) is 85.6 cm³/mol. The van der Waals surface area contributed by atoms with Crippen LogP contribution in [0, 0.1) is 11.3 Å². The summed E-state index contributed by atoms with van der Waals surface area (Å²) >= 11 is 0. The first-order valence-electron chi connectivity index (χ1n) is 7.17. The highest BCUT2D eigenvalue weighted by Crippen LogP contribution is 2.29. The third-order valence-corrected chi connectivity index (χ3v) is 3.56. The van der Waals surface area contributed by atoms with E-state index in [-0.39, 0.29) is 0 Å². The second-order valence-corrected chi connectivity index (χ2v) is 5.10. The Morgan fingerprint density at radius 2 is 1.57 bits per heavy atom. The zero-order valence-electron chi connectivity index (χ0n) is 12.2. The van der Waals surface area contributed by atoms with Gasteiger partial charge in [0.25, 0.3) is 0 Å². The average molecular weight is 305 g/mol. The first kappa shape index (κ1) is 15.0. The molecule has 1 heterocycles. The van der Waals surface area contributed by atoms with E-state index in [0.29, 0.717) is 11.3 Å². The summed E-state index contributed by atoms with van der Waals surface area (Å²) in [5.41, 5.74) is 2.58. The monoisotopic (exact) mass is 305 g/mol. The van der Waals surface area contributed by atoms with Crippen molar-refractivity contribution >= 4 is 0 Å². The standard InChI is InChI=1S/C18H15N3O2/c19-11-16(22)18(23)15-12-21(14-9-5-2-6-10-14)20-17(15)13-7-3-1-4-8-13/h1-10,12,16,18,22-23H. The molecule has 2 N–H and O–H groups in total. The van der Waals surface area contributed by atoms with Crippen LogP contribution in [0.5, 0.6) is 0 Å². The van der Waals surface area contributed by atoms with E-state index in [9.17, 15) is 10.2 Å². The highest BCUT2D eigenvalue weighted by molar-refractivity contribution is 5.64. The molecule has 2 atom stereocenters. The highest BCUT2D eigenvalue weighted by Gasteiger charge is 2.24. The van der Waals surface area contributed by atoms with Crippen LogP contribution < -0.4 is 0 Å². The number of aromatic nitrogens is 2. The Balaban J connectivity index is 2.13. The van der Waals surface area contributed by atoms with Gasteiger partial charge in [0.05, 0.1) is 17.5 Å². The fraction of sp³-hybridized carbons (Fsp3) is 0.111. The van der Waals surface area contributed by atoms with Crippen molar-refractivity contribution in [1.29, 1.82) is 5.26 Å². The summed E-state index contributed by atoms with van der Waals surface area (Å²) in [6, 6.07) is 20.5. The summed E-state index contributed by atoms with van der Waals surface area (Å²) in [4.78, 5) is 0. The van der Waals surface area contributed by atoms with Gasteiger partial charge >= 0.3 is 0 Å². The number of rotatable bonds is 4. The Labute approximate surface area is 133 Å². The molecule has 0 spiro atoms. The van der Waals surface area contributed by atoms with E-state index in [1.807, 2.05) is 60.7 Å². The number of para-hydroxylation sites is 1. The lowest BCUT2D eigenvalue weighted by molar-refractivity contribution is 0.0531. The van der Waals surface area contributed by atoms with Gasteiger partial charge in [0.15, 0.2) is 6.10 Å². The number of aliphatic hydroxyl groups excluding tert-OH is 2. The molecule has 2 unspecified atom stereocenters. The SMILES string of the molecule is N#CC(O)C(O)c1cn(-c2ccccc2)nc1-c1ccccc1. The maximum absolute atomic E-state index is 10.3. The maximum Gasteiger partial charge on any atom is 0.170 e. The number of nitrogens with zero attached hydrogens (tertiary/aromatic N) is 3. The van der Waals surface area contributed by atoms with Crippen molar-refractivity contribution < 1.29 is 10.2 Å². The summed E-state index contributed by atoms with van der Waals surface area (Å²) < 4.78 is 1.63. The van der Waals surface area contributed by atoms with Gasteiger partial charge < -0.3 is 10.2 Å². The van der Waals surface area contributed by atoms with Gasteiger partial charge in [0.2, 0.25) is 0 Å². The van der Waals surface area contributed by atoms with Crippen molar-refractivity contribution in [1.82, 2.24) is 9.78 Å². The Hall–Kier alpha value is -2.94. The lowest BCUT2D eigenvalue weighted by atomic mass is 10.0. The third kappa shape index (κ3) is 2.99. The largest absolute Gasteiger partial charge is 0.384 e. The van der Waals surface area contributed by atoms with Crippen molar-refractivity contribution in [3.05, 3.63) is 72.4 Å². The van der Waals surface area contributed by atoms with Crippen LogP contribution in [0.3, 0.4) is 0 Å². The van der Waals surface area contributed by atoms with Crippen molar-refractivity contribution in [3.63, 3.8) is 0 Å². The molecule has 3 rings (SSSR count). The molecule has 0 fully saturated rings. The molecule has 23 heavy (non-hydrogen) atoms. The molecule has 0 aliphatic rings. The van der Waals surface area contributed by atoms with Crippen molar-refractivity contribution in [2.45, 2.75) is 12.2 Å². The Morgan fingerprint density at radius 3 is 2.17 bits per heavy atom. The van der Waals surface area contributed by atoms with Gasteiger partial charge in [0.1, 0.15) is 6.10 Å². The summed E-state index contributed by atoms with van der Waals surface area (Å²) in [5.74, 6) is 0. The number of benzene rings is 2. The molecule has 0 aliphatic carbocycles. The first-order chi connectivity index (χ1) is 11.2. The molecular weight excluding hydrogens is 290 g/mol. The minimum atomic E-state index is -1.51. The smallest absolute Gasteiger partial charge is 0.170 e. The van der Waals surface area contributed by atoms with E-state index in [1.165, 1.54) is 0 Å². The molecule has 3 aromatic rings. The molecule has 0 amide bonds. The van der Waals surface area contributed by atoms with Gasteiger partial charge in [-0.2, -0.15) is 10.4 Å². The molecular formula is C18H15N3O2. The first-order valence-corrected chi connectivity index (χ1v) is 7.17. The van der Waals surface area contributed by atoms with Crippen LogP contribution in [0.2, 0.25) is 0 Å². The zero-order valence-corrected chi connectivity index (χ0v) is 12.2. The molecule has 0 radical (unpaired) electrons. The molecule has 0 saturated heterocycles. The third-order valence-electron chi connectivity index (χ3n) is 3.56. The average Bonchev–Trinajstić information content (AvgIpc) is 3.07. The molecule has 0 saturated carbocycles. The fourth-order valence-electron chi connectivity index (χ4n) is 2.38. The summed E-state index contributed by atoms with van der Waals surface area (Å²) in [7, 11) is 0.